The molecule has 8 nitrogen and oxygen atoms in total. The predicted molar refractivity (Wildman–Crippen MR) is 131 cm³/mol. The number of H-pyrrole nitrogens is 1. The second-order valence-corrected chi connectivity index (χ2v) is 9.06. The van der Waals surface area contributed by atoms with E-state index in [2.05, 4.69) is 44.5 Å². The van der Waals surface area contributed by atoms with Gasteiger partial charge in [-0.3, -0.25) is 9.69 Å². The number of fused-ring (bicyclic) bond motifs is 1. The van der Waals surface area contributed by atoms with Gasteiger partial charge in [-0.1, -0.05) is 37.3 Å². The van der Waals surface area contributed by atoms with Crippen molar-refractivity contribution >= 4 is 10.9 Å². The van der Waals surface area contributed by atoms with Crippen molar-refractivity contribution in [2.45, 2.75) is 39.3 Å². The molecule has 0 saturated carbocycles. The van der Waals surface area contributed by atoms with Crippen molar-refractivity contribution in [1.29, 1.82) is 0 Å². The first-order valence-corrected chi connectivity index (χ1v) is 12.0. The van der Waals surface area contributed by atoms with Gasteiger partial charge in [0.2, 0.25) is 0 Å². The van der Waals surface area contributed by atoms with Gasteiger partial charge in [0, 0.05) is 23.0 Å². The van der Waals surface area contributed by atoms with Crippen molar-refractivity contribution in [3.63, 3.8) is 0 Å². The monoisotopic (exact) mass is 458 g/mol. The van der Waals surface area contributed by atoms with E-state index >= 15 is 0 Å². The Hall–Kier alpha value is -3.52. The van der Waals surface area contributed by atoms with Crippen LogP contribution in [-0.2, 0) is 6.54 Å². The lowest BCUT2D eigenvalue weighted by molar-refractivity contribution is 0.141. The van der Waals surface area contributed by atoms with E-state index < -0.39 is 0 Å². The number of nitrogens with zero attached hydrogens (tertiary/aromatic N) is 5. The van der Waals surface area contributed by atoms with Crippen LogP contribution in [0.2, 0.25) is 0 Å². The third kappa shape index (κ3) is 4.59. The third-order valence-corrected chi connectivity index (χ3v) is 6.48. The number of aromatic amines is 1. The van der Waals surface area contributed by atoms with Gasteiger partial charge in [-0.15, -0.1) is 5.10 Å². The molecule has 1 N–H and O–H groups in total. The molecule has 1 fully saturated rings. The highest BCUT2D eigenvalue weighted by atomic mass is 16.5. The fourth-order valence-electron chi connectivity index (χ4n) is 4.90. The molecule has 0 aliphatic carbocycles. The summed E-state index contributed by atoms with van der Waals surface area (Å²) in [6, 6.07) is 17.5. The van der Waals surface area contributed by atoms with Crippen molar-refractivity contribution in [1.82, 2.24) is 30.1 Å². The summed E-state index contributed by atoms with van der Waals surface area (Å²) in [5, 5.41) is 13.7. The Balaban J connectivity index is 1.62. The summed E-state index contributed by atoms with van der Waals surface area (Å²) in [5.41, 5.74) is 2.43. The highest BCUT2D eigenvalue weighted by molar-refractivity contribution is 5.80. The Morgan fingerprint density at radius 2 is 2.03 bits per heavy atom. The molecule has 0 unspecified atom stereocenters. The molecule has 2 atom stereocenters. The van der Waals surface area contributed by atoms with Crippen molar-refractivity contribution in [3.8, 4) is 5.75 Å². The largest absolute Gasteiger partial charge is 0.494 e. The maximum Gasteiger partial charge on any atom is 0.253 e. The number of aromatic nitrogens is 5. The maximum absolute atomic E-state index is 13.4. The molecule has 0 amide bonds. The van der Waals surface area contributed by atoms with Gasteiger partial charge in [-0.2, -0.15) is 0 Å². The van der Waals surface area contributed by atoms with E-state index in [0.29, 0.717) is 30.5 Å². The molecule has 4 aromatic rings. The first kappa shape index (κ1) is 22.3. The van der Waals surface area contributed by atoms with Crippen molar-refractivity contribution in [3.05, 3.63) is 81.9 Å². The lowest BCUT2D eigenvalue weighted by Crippen LogP contribution is -2.41. The highest BCUT2D eigenvalue weighted by Gasteiger charge is 2.32. The minimum Gasteiger partial charge on any atom is -0.494 e. The summed E-state index contributed by atoms with van der Waals surface area (Å²) in [7, 11) is 0. The van der Waals surface area contributed by atoms with Crippen molar-refractivity contribution < 1.29 is 4.74 Å². The zero-order valence-corrected chi connectivity index (χ0v) is 19.6. The molecule has 0 radical (unpaired) electrons. The third-order valence-electron chi connectivity index (χ3n) is 6.48. The fraction of sp³-hybridized carbons (Fsp3) is 0.385. The van der Waals surface area contributed by atoms with Crippen LogP contribution in [0.4, 0.5) is 0 Å². The van der Waals surface area contributed by atoms with Gasteiger partial charge >= 0.3 is 0 Å². The topological polar surface area (TPSA) is 88.9 Å². The fourth-order valence-corrected chi connectivity index (χ4v) is 4.90. The molecular weight excluding hydrogens is 428 g/mol. The SMILES string of the molecule is CCOc1ccc2[nH]c(=O)c([C@H](c3nnnn3Cc3ccccc3)N3CCC[C@H](C)C3)cc2c1. The highest BCUT2D eigenvalue weighted by Crippen LogP contribution is 2.31. The van der Waals surface area contributed by atoms with Crippen LogP contribution in [0.25, 0.3) is 10.9 Å². The van der Waals surface area contributed by atoms with Gasteiger partial charge in [0.1, 0.15) is 11.8 Å². The van der Waals surface area contributed by atoms with Crippen LogP contribution in [0.15, 0.2) is 59.4 Å². The molecule has 5 rings (SSSR count). The summed E-state index contributed by atoms with van der Waals surface area (Å²) in [4.78, 5) is 18.8. The predicted octanol–water partition coefficient (Wildman–Crippen LogP) is 3.78. The molecule has 3 heterocycles. The molecule has 8 heteroatoms. The van der Waals surface area contributed by atoms with Gasteiger partial charge in [-0.25, -0.2) is 4.68 Å². The second kappa shape index (κ2) is 9.77. The number of piperidine rings is 1. The number of pyridine rings is 1. The summed E-state index contributed by atoms with van der Waals surface area (Å²) >= 11 is 0. The summed E-state index contributed by atoms with van der Waals surface area (Å²) in [6.45, 7) is 7.13. The molecule has 0 bridgehead atoms. The average Bonchev–Trinajstić information content (AvgIpc) is 3.28. The molecular formula is C26H30N6O2. The van der Waals surface area contributed by atoms with Crippen LogP contribution in [0.1, 0.15) is 49.7 Å². The van der Waals surface area contributed by atoms with Crippen LogP contribution in [0.3, 0.4) is 0 Å². The van der Waals surface area contributed by atoms with Gasteiger partial charge in [-0.05, 0) is 72.5 Å². The summed E-state index contributed by atoms with van der Waals surface area (Å²) in [6.07, 6.45) is 2.27. The van der Waals surface area contributed by atoms with E-state index in [-0.39, 0.29) is 11.6 Å². The van der Waals surface area contributed by atoms with Crippen LogP contribution in [0, 0.1) is 5.92 Å². The number of hydrogen-bond acceptors (Lipinski definition) is 6. The van der Waals surface area contributed by atoms with E-state index in [4.69, 9.17) is 4.74 Å². The second-order valence-electron chi connectivity index (χ2n) is 9.06. The molecule has 2 aromatic heterocycles. The number of benzene rings is 2. The van der Waals surface area contributed by atoms with Gasteiger partial charge in [0.05, 0.1) is 13.2 Å². The Kier molecular flexibility index (Phi) is 6.40. The zero-order valence-electron chi connectivity index (χ0n) is 19.6. The molecule has 1 saturated heterocycles. The van der Waals surface area contributed by atoms with E-state index in [1.54, 1.807) is 0 Å². The first-order chi connectivity index (χ1) is 16.6. The molecule has 176 valence electrons. The van der Waals surface area contributed by atoms with E-state index in [0.717, 1.165) is 41.7 Å². The number of likely N-dealkylation sites (tertiary alicyclic amines) is 1. The van der Waals surface area contributed by atoms with Gasteiger partial charge in [0.15, 0.2) is 5.82 Å². The van der Waals surface area contributed by atoms with E-state index in [9.17, 15) is 4.79 Å². The molecule has 1 aliphatic heterocycles. The van der Waals surface area contributed by atoms with Gasteiger partial charge < -0.3 is 9.72 Å². The lowest BCUT2D eigenvalue weighted by atomic mass is 9.95. The Bertz CT molecular complexity index is 1320. The minimum atomic E-state index is -0.342. The lowest BCUT2D eigenvalue weighted by Gasteiger charge is -2.36. The van der Waals surface area contributed by atoms with Crippen molar-refractivity contribution in [2.24, 2.45) is 5.92 Å². The van der Waals surface area contributed by atoms with Crippen LogP contribution < -0.4 is 10.3 Å². The van der Waals surface area contributed by atoms with E-state index in [1.807, 2.05) is 54.1 Å². The number of ether oxygens (including phenoxy) is 1. The zero-order chi connectivity index (χ0) is 23.5. The number of tetrazole rings is 1. The quantitative estimate of drug-likeness (QED) is 0.453. The molecule has 2 aromatic carbocycles. The van der Waals surface area contributed by atoms with Crippen LogP contribution in [-0.4, -0.2) is 49.8 Å². The Morgan fingerprint density at radius 3 is 2.82 bits per heavy atom. The first-order valence-electron chi connectivity index (χ1n) is 12.0. The minimum absolute atomic E-state index is 0.117. The summed E-state index contributed by atoms with van der Waals surface area (Å²) in [5.74, 6) is 2.01. The van der Waals surface area contributed by atoms with Crippen molar-refractivity contribution in [2.75, 3.05) is 19.7 Å². The molecule has 34 heavy (non-hydrogen) atoms. The van der Waals surface area contributed by atoms with Crippen LogP contribution >= 0.6 is 0 Å². The number of hydrogen-bond donors (Lipinski definition) is 1. The smallest absolute Gasteiger partial charge is 0.253 e. The molecule has 0 spiro atoms. The maximum atomic E-state index is 13.4. The standard InChI is InChI=1S/C26H30N6O2/c1-3-34-21-11-12-23-20(14-21)15-22(26(33)27-23)24(31-13-7-8-18(2)16-31)25-28-29-30-32(25)17-19-9-5-4-6-10-19/h4-6,9-12,14-15,18,24H,3,7-8,13,16-17H2,1-2H3,(H,27,33)/t18-,24+/m0/s1. The average molecular weight is 459 g/mol. The normalized spacial score (nSPS) is 17.6. The summed E-state index contributed by atoms with van der Waals surface area (Å²) < 4.78 is 7.51. The number of rotatable bonds is 7. The Morgan fingerprint density at radius 1 is 1.18 bits per heavy atom. The molecule has 1 aliphatic rings. The number of nitrogens with one attached hydrogen (secondary N) is 1. The van der Waals surface area contributed by atoms with E-state index in [1.165, 1.54) is 6.42 Å². The van der Waals surface area contributed by atoms with Crippen LogP contribution in [0.5, 0.6) is 5.75 Å². The van der Waals surface area contributed by atoms with Gasteiger partial charge in [0.25, 0.3) is 5.56 Å². The Labute approximate surface area is 198 Å².